The highest BCUT2D eigenvalue weighted by Gasteiger charge is 2.20. The molecule has 4 N–H and O–H groups in total. The summed E-state index contributed by atoms with van der Waals surface area (Å²) >= 11 is 0. The van der Waals surface area contributed by atoms with E-state index in [1.807, 2.05) is 0 Å². The van der Waals surface area contributed by atoms with Crippen LogP contribution in [0.25, 0.3) is 11.2 Å². The zero-order valence-corrected chi connectivity index (χ0v) is 11.8. The molecular formula is C13H11F2N7O. The van der Waals surface area contributed by atoms with Crippen molar-refractivity contribution in [3.63, 3.8) is 0 Å². The van der Waals surface area contributed by atoms with E-state index in [2.05, 4.69) is 25.3 Å². The number of benzene rings is 1. The van der Waals surface area contributed by atoms with Crippen molar-refractivity contribution in [2.75, 3.05) is 23.0 Å². The van der Waals surface area contributed by atoms with Gasteiger partial charge < -0.3 is 16.0 Å². The molecule has 3 aromatic rings. The standard InChI is InChI=1S/C13H11F2N7O/c1-22(12-10-11(18-4-17-10)19-5-20-12)13(23)21-9-6(14)2-3-7(16)8(9)15/h2-5H,16H2,1H3,(H,21,23)(H,17,18,19,20). The second-order valence-electron chi connectivity index (χ2n) is 4.61. The van der Waals surface area contributed by atoms with Crippen LogP contribution in [0.5, 0.6) is 0 Å². The number of aromatic amines is 1. The first-order valence-corrected chi connectivity index (χ1v) is 6.41. The molecule has 0 radical (unpaired) electrons. The van der Waals surface area contributed by atoms with Crippen molar-refractivity contribution in [1.82, 2.24) is 19.9 Å². The van der Waals surface area contributed by atoms with Gasteiger partial charge in [0.15, 0.2) is 17.3 Å². The van der Waals surface area contributed by atoms with E-state index >= 15 is 0 Å². The van der Waals surface area contributed by atoms with Crippen LogP contribution in [0.2, 0.25) is 0 Å². The van der Waals surface area contributed by atoms with Crippen LogP contribution in [0, 0.1) is 11.6 Å². The number of rotatable bonds is 2. The van der Waals surface area contributed by atoms with Crippen LogP contribution in [0.4, 0.5) is 30.8 Å². The van der Waals surface area contributed by atoms with Gasteiger partial charge in [-0.2, -0.15) is 0 Å². The molecule has 118 valence electrons. The highest BCUT2D eigenvalue weighted by atomic mass is 19.1. The molecule has 2 heterocycles. The summed E-state index contributed by atoms with van der Waals surface area (Å²) in [6.07, 6.45) is 2.62. The van der Waals surface area contributed by atoms with E-state index in [0.717, 1.165) is 17.0 Å². The van der Waals surface area contributed by atoms with E-state index in [1.165, 1.54) is 19.7 Å². The summed E-state index contributed by atoms with van der Waals surface area (Å²) in [6.45, 7) is 0. The van der Waals surface area contributed by atoms with Gasteiger partial charge in [-0.05, 0) is 12.1 Å². The number of nitrogens with zero attached hydrogens (tertiary/aromatic N) is 4. The maximum atomic E-state index is 13.9. The molecule has 0 saturated carbocycles. The van der Waals surface area contributed by atoms with Crippen molar-refractivity contribution < 1.29 is 13.6 Å². The smallest absolute Gasteiger partial charge is 0.327 e. The molecule has 2 aromatic heterocycles. The Bertz CT molecular complexity index is 895. The minimum absolute atomic E-state index is 0.203. The monoisotopic (exact) mass is 319 g/mol. The number of anilines is 3. The number of H-pyrrole nitrogens is 1. The van der Waals surface area contributed by atoms with E-state index in [9.17, 15) is 13.6 Å². The number of urea groups is 1. The summed E-state index contributed by atoms with van der Waals surface area (Å²) in [5.41, 5.74) is 5.24. The Morgan fingerprint density at radius 1 is 1.30 bits per heavy atom. The molecule has 0 aliphatic carbocycles. The summed E-state index contributed by atoms with van der Waals surface area (Å²) in [6, 6.07) is 1.23. The van der Waals surface area contributed by atoms with Gasteiger partial charge in [-0.3, -0.25) is 4.90 Å². The molecule has 0 aliphatic heterocycles. The Hall–Kier alpha value is -3.30. The molecule has 3 rings (SSSR count). The maximum Gasteiger partial charge on any atom is 0.327 e. The van der Waals surface area contributed by atoms with Gasteiger partial charge >= 0.3 is 6.03 Å². The second kappa shape index (κ2) is 5.48. The highest BCUT2D eigenvalue weighted by molar-refractivity contribution is 6.04. The number of hydrogen-bond donors (Lipinski definition) is 3. The zero-order valence-electron chi connectivity index (χ0n) is 11.8. The largest absolute Gasteiger partial charge is 0.396 e. The number of nitrogens with one attached hydrogen (secondary N) is 2. The molecule has 1 aromatic carbocycles. The fourth-order valence-electron chi connectivity index (χ4n) is 1.98. The molecule has 0 bridgehead atoms. The molecule has 8 nitrogen and oxygen atoms in total. The first kappa shape index (κ1) is 14.6. The van der Waals surface area contributed by atoms with Crippen molar-refractivity contribution >= 4 is 34.4 Å². The lowest BCUT2D eigenvalue weighted by molar-refractivity contribution is 0.257. The third-order valence-electron chi connectivity index (χ3n) is 3.18. The van der Waals surface area contributed by atoms with Crippen LogP contribution in [0.3, 0.4) is 0 Å². The van der Waals surface area contributed by atoms with E-state index < -0.39 is 23.4 Å². The van der Waals surface area contributed by atoms with Crippen LogP contribution >= 0.6 is 0 Å². The Labute approximate surface area is 128 Å². The Balaban J connectivity index is 1.92. The van der Waals surface area contributed by atoms with Gasteiger partial charge in [-0.1, -0.05) is 0 Å². The number of carbonyl (C=O) groups is 1. The van der Waals surface area contributed by atoms with Crippen LogP contribution in [0.1, 0.15) is 0 Å². The molecule has 23 heavy (non-hydrogen) atoms. The van der Waals surface area contributed by atoms with Gasteiger partial charge in [-0.15, -0.1) is 0 Å². The van der Waals surface area contributed by atoms with Crippen molar-refractivity contribution in [3.05, 3.63) is 36.4 Å². The molecule has 0 fully saturated rings. The molecule has 0 atom stereocenters. The number of nitrogen functional groups attached to an aromatic ring is 1. The summed E-state index contributed by atoms with van der Waals surface area (Å²) in [7, 11) is 1.39. The van der Waals surface area contributed by atoms with E-state index in [-0.39, 0.29) is 11.5 Å². The fraction of sp³-hybridized carbons (Fsp3) is 0.0769. The van der Waals surface area contributed by atoms with Gasteiger partial charge in [0, 0.05) is 7.05 Å². The highest BCUT2D eigenvalue weighted by Crippen LogP contribution is 2.25. The van der Waals surface area contributed by atoms with Crippen molar-refractivity contribution in [2.24, 2.45) is 0 Å². The Morgan fingerprint density at radius 2 is 2.09 bits per heavy atom. The normalized spacial score (nSPS) is 10.7. The average molecular weight is 319 g/mol. The van der Waals surface area contributed by atoms with Gasteiger partial charge in [0.2, 0.25) is 0 Å². The molecule has 0 aliphatic rings. The quantitative estimate of drug-likeness (QED) is 0.624. The molecular weight excluding hydrogens is 308 g/mol. The molecule has 0 spiro atoms. The average Bonchev–Trinajstić information content (AvgIpc) is 3.02. The summed E-state index contributed by atoms with van der Waals surface area (Å²) in [5.74, 6) is -1.77. The zero-order chi connectivity index (χ0) is 16.6. The predicted molar refractivity (Wildman–Crippen MR) is 79.9 cm³/mol. The predicted octanol–water partition coefficient (Wildman–Crippen LogP) is 1.88. The van der Waals surface area contributed by atoms with Crippen LogP contribution in [-0.4, -0.2) is 33.0 Å². The topological polar surface area (TPSA) is 113 Å². The number of halogens is 2. The van der Waals surface area contributed by atoms with Crippen molar-refractivity contribution in [1.29, 1.82) is 0 Å². The number of fused-ring (bicyclic) bond motifs is 1. The number of imidazole rings is 1. The number of carbonyl (C=O) groups excluding carboxylic acids is 1. The number of nitrogens with two attached hydrogens (primary N) is 1. The Morgan fingerprint density at radius 3 is 2.87 bits per heavy atom. The number of hydrogen-bond acceptors (Lipinski definition) is 5. The van der Waals surface area contributed by atoms with Gasteiger partial charge in [0.25, 0.3) is 0 Å². The van der Waals surface area contributed by atoms with Crippen LogP contribution < -0.4 is 16.0 Å². The number of aromatic nitrogens is 4. The first-order valence-electron chi connectivity index (χ1n) is 6.41. The third kappa shape index (κ3) is 2.50. The van der Waals surface area contributed by atoms with Crippen LogP contribution in [0.15, 0.2) is 24.8 Å². The maximum absolute atomic E-state index is 13.9. The lowest BCUT2D eigenvalue weighted by atomic mass is 10.2. The van der Waals surface area contributed by atoms with E-state index in [4.69, 9.17) is 5.73 Å². The van der Waals surface area contributed by atoms with E-state index in [1.54, 1.807) is 0 Å². The molecule has 0 unspecified atom stereocenters. The summed E-state index contributed by atoms with van der Waals surface area (Å²) in [5, 5.41) is 2.14. The number of amides is 2. The fourth-order valence-corrected chi connectivity index (χ4v) is 1.98. The lowest BCUT2D eigenvalue weighted by Crippen LogP contribution is -2.32. The van der Waals surface area contributed by atoms with E-state index in [0.29, 0.717) is 11.2 Å². The van der Waals surface area contributed by atoms with Crippen LogP contribution in [-0.2, 0) is 0 Å². The molecule has 2 amide bonds. The second-order valence-corrected chi connectivity index (χ2v) is 4.61. The molecule has 10 heteroatoms. The van der Waals surface area contributed by atoms with Gasteiger partial charge in [0.05, 0.1) is 12.0 Å². The third-order valence-corrected chi connectivity index (χ3v) is 3.18. The minimum atomic E-state index is -1.04. The summed E-state index contributed by atoms with van der Waals surface area (Å²) in [4.78, 5) is 27.9. The first-order chi connectivity index (χ1) is 11.0. The van der Waals surface area contributed by atoms with Gasteiger partial charge in [0.1, 0.15) is 23.3 Å². The lowest BCUT2D eigenvalue weighted by Gasteiger charge is -2.18. The van der Waals surface area contributed by atoms with Crippen molar-refractivity contribution in [2.45, 2.75) is 0 Å². The minimum Gasteiger partial charge on any atom is -0.396 e. The molecule has 0 saturated heterocycles. The Kier molecular flexibility index (Phi) is 3.48. The summed E-state index contributed by atoms with van der Waals surface area (Å²) < 4.78 is 27.5. The van der Waals surface area contributed by atoms with Crippen molar-refractivity contribution in [3.8, 4) is 0 Å². The van der Waals surface area contributed by atoms with Gasteiger partial charge in [-0.25, -0.2) is 28.5 Å². The SMILES string of the molecule is CN(C(=O)Nc1c(F)ccc(N)c1F)c1ncnc2nc[nH]c12.